The Labute approximate surface area is 134 Å². The molecular formula is C18H19NO4. The normalized spacial score (nSPS) is 20.7. The lowest BCUT2D eigenvalue weighted by molar-refractivity contribution is 0.0410. The first kappa shape index (κ1) is 15.4. The van der Waals surface area contributed by atoms with E-state index < -0.39 is 11.5 Å². The van der Waals surface area contributed by atoms with Crippen LogP contribution in [0.3, 0.4) is 0 Å². The number of carbonyl (C=O) groups is 1. The van der Waals surface area contributed by atoms with Gasteiger partial charge in [-0.25, -0.2) is 0 Å². The molecule has 1 aliphatic heterocycles. The largest absolute Gasteiger partial charge is 0.507 e. The summed E-state index contributed by atoms with van der Waals surface area (Å²) >= 11 is 0. The highest BCUT2D eigenvalue weighted by molar-refractivity contribution is 5.99. The summed E-state index contributed by atoms with van der Waals surface area (Å²) in [6.45, 7) is 2.41. The van der Waals surface area contributed by atoms with Crippen LogP contribution in [0.15, 0.2) is 42.5 Å². The molecule has 0 aromatic heterocycles. The van der Waals surface area contributed by atoms with Crippen LogP contribution < -0.4 is 0 Å². The van der Waals surface area contributed by atoms with E-state index in [0.29, 0.717) is 13.0 Å². The van der Waals surface area contributed by atoms with Gasteiger partial charge in [-0.15, -0.1) is 0 Å². The molecule has 0 saturated carbocycles. The van der Waals surface area contributed by atoms with Crippen LogP contribution >= 0.6 is 0 Å². The molecule has 0 radical (unpaired) electrons. The van der Waals surface area contributed by atoms with Crippen LogP contribution in [0.5, 0.6) is 11.5 Å². The van der Waals surface area contributed by atoms with E-state index in [-0.39, 0.29) is 23.6 Å². The number of hydrogen-bond donors (Lipinski definition) is 3. The lowest BCUT2D eigenvalue weighted by Gasteiger charge is -2.25. The van der Waals surface area contributed by atoms with Gasteiger partial charge in [0, 0.05) is 6.54 Å². The van der Waals surface area contributed by atoms with E-state index in [9.17, 15) is 20.1 Å². The fourth-order valence-corrected chi connectivity index (χ4v) is 3.19. The van der Waals surface area contributed by atoms with Crippen molar-refractivity contribution in [2.24, 2.45) is 0 Å². The van der Waals surface area contributed by atoms with Gasteiger partial charge in [0.1, 0.15) is 22.7 Å². The zero-order valence-electron chi connectivity index (χ0n) is 12.9. The SMILES string of the molecule is Cc1ccccc1C1(O)CCN(C(=O)c2c(O)cccc2O)C1. The van der Waals surface area contributed by atoms with Gasteiger partial charge in [0.15, 0.2) is 0 Å². The Bertz CT molecular complexity index is 738. The third kappa shape index (κ3) is 2.64. The molecular weight excluding hydrogens is 294 g/mol. The van der Waals surface area contributed by atoms with E-state index >= 15 is 0 Å². The zero-order chi connectivity index (χ0) is 16.6. The number of likely N-dealkylation sites (tertiary alicyclic amines) is 1. The van der Waals surface area contributed by atoms with Gasteiger partial charge in [-0.1, -0.05) is 30.3 Å². The van der Waals surface area contributed by atoms with E-state index in [1.165, 1.54) is 23.1 Å². The van der Waals surface area contributed by atoms with Crippen LogP contribution in [0.4, 0.5) is 0 Å². The summed E-state index contributed by atoms with van der Waals surface area (Å²) in [6.07, 6.45) is 0.415. The molecule has 0 aliphatic carbocycles. The molecule has 2 aromatic carbocycles. The van der Waals surface area contributed by atoms with Crippen molar-refractivity contribution in [2.45, 2.75) is 18.9 Å². The number of phenols is 2. The number of aromatic hydroxyl groups is 2. The van der Waals surface area contributed by atoms with Crippen LogP contribution in [0.1, 0.15) is 27.9 Å². The van der Waals surface area contributed by atoms with Gasteiger partial charge >= 0.3 is 0 Å². The third-order valence-electron chi connectivity index (χ3n) is 4.42. The standard InChI is InChI=1S/C18H19NO4/c1-12-5-2-3-6-13(12)18(23)9-10-19(11-18)17(22)16-14(20)7-4-8-15(16)21/h2-8,20-21,23H,9-11H2,1H3. The maximum Gasteiger partial charge on any atom is 0.261 e. The van der Waals surface area contributed by atoms with E-state index in [4.69, 9.17) is 0 Å². The molecule has 23 heavy (non-hydrogen) atoms. The van der Waals surface area contributed by atoms with Gasteiger partial charge in [0.25, 0.3) is 5.91 Å². The fourth-order valence-electron chi connectivity index (χ4n) is 3.19. The molecule has 5 heteroatoms. The van der Waals surface area contributed by atoms with E-state index in [0.717, 1.165) is 11.1 Å². The second-order valence-electron chi connectivity index (χ2n) is 5.99. The summed E-state index contributed by atoms with van der Waals surface area (Å²) < 4.78 is 0. The molecule has 3 N–H and O–H groups in total. The Balaban J connectivity index is 1.88. The fraction of sp³-hybridized carbons (Fsp3) is 0.278. The smallest absolute Gasteiger partial charge is 0.261 e. The topological polar surface area (TPSA) is 81.0 Å². The van der Waals surface area contributed by atoms with Crippen molar-refractivity contribution in [3.05, 3.63) is 59.2 Å². The van der Waals surface area contributed by atoms with Crippen LogP contribution in [-0.2, 0) is 5.60 Å². The number of hydrogen-bond acceptors (Lipinski definition) is 4. The van der Waals surface area contributed by atoms with Crippen LogP contribution in [0.25, 0.3) is 0 Å². The van der Waals surface area contributed by atoms with E-state index in [1.54, 1.807) is 0 Å². The van der Waals surface area contributed by atoms with Gasteiger partial charge < -0.3 is 20.2 Å². The molecule has 0 spiro atoms. The first-order chi connectivity index (χ1) is 10.9. The first-order valence-electron chi connectivity index (χ1n) is 7.51. The summed E-state index contributed by atoms with van der Waals surface area (Å²) in [5.74, 6) is -1.01. The summed E-state index contributed by atoms with van der Waals surface area (Å²) in [7, 11) is 0. The Morgan fingerprint density at radius 3 is 2.39 bits per heavy atom. The predicted octanol–water partition coefficient (Wildman–Crippen LogP) is 2.14. The Morgan fingerprint density at radius 1 is 1.09 bits per heavy atom. The quantitative estimate of drug-likeness (QED) is 0.793. The summed E-state index contributed by atoms with van der Waals surface area (Å²) in [6, 6.07) is 11.7. The third-order valence-corrected chi connectivity index (χ3v) is 4.42. The molecule has 1 heterocycles. The second-order valence-corrected chi connectivity index (χ2v) is 5.99. The summed E-state index contributed by atoms with van der Waals surface area (Å²) in [4.78, 5) is 14.0. The molecule has 1 unspecified atom stereocenters. The average molecular weight is 313 g/mol. The number of amides is 1. The van der Waals surface area contributed by atoms with Crippen molar-refractivity contribution in [1.29, 1.82) is 0 Å². The van der Waals surface area contributed by atoms with Gasteiger partial charge in [0.2, 0.25) is 0 Å². The van der Waals surface area contributed by atoms with E-state index in [1.807, 2.05) is 31.2 Å². The molecule has 5 nitrogen and oxygen atoms in total. The number of phenolic OH excluding ortho intramolecular Hbond substituents is 2. The number of rotatable bonds is 2. The lowest BCUT2D eigenvalue weighted by atomic mass is 9.89. The number of nitrogens with zero attached hydrogens (tertiary/aromatic N) is 1. The van der Waals surface area contributed by atoms with Crippen LogP contribution in [0, 0.1) is 6.92 Å². The molecule has 1 amide bonds. The molecule has 120 valence electrons. The number of β-amino-alcohol motifs (C(OH)–C–C–N with tert-alkyl or cyclic N) is 1. The highest BCUT2D eigenvalue weighted by atomic mass is 16.3. The predicted molar refractivity (Wildman–Crippen MR) is 85.4 cm³/mol. The van der Waals surface area contributed by atoms with Crippen LogP contribution in [-0.4, -0.2) is 39.2 Å². The number of aliphatic hydroxyl groups is 1. The highest BCUT2D eigenvalue weighted by Gasteiger charge is 2.41. The van der Waals surface area contributed by atoms with Gasteiger partial charge in [0.05, 0.1) is 6.54 Å². The minimum atomic E-state index is -1.11. The van der Waals surface area contributed by atoms with Crippen molar-refractivity contribution in [3.63, 3.8) is 0 Å². The van der Waals surface area contributed by atoms with Crippen molar-refractivity contribution < 1.29 is 20.1 Å². The van der Waals surface area contributed by atoms with Crippen molar-refractivity contribution in [3.8, 4) is 11.5 Å². The monoisotopic (exact) mass is 313 g/mol. The molecule has 1 saturated heterocycles. The average Bonchev–Trinajstić information content (AvgIpc) is 2.91. The first-order valence-corrected chi connectivity index (χ1v) is 7.51. The lowest BCUT2D eigenvalue weighted by Crippen LogP contribution is -2.34. The van der Waals surface area contributed by atoms with Crippen molar-refractivity contribution in [2.75, 3.05) is 13.1 Å². The summed E-state index contributed by atoms with van der Waals surface area (Å²) in [5.41, 5.74) is 0.536. The number of benzene rings is 2. The maximum atomic E-state index is 12.6. The van der Waals surface area contributed by atoms with Crippen LogP contribution in [0.2, 0.25) is 0 Å². The molecule has 3 rings (SSSR count). The van der Waals surface area contributed by atoms with Gasteiger partial charge in [-0.3, -0.25) is 4.79 Å². The van der Waals surface area contributed by atoms with Crippen molar-refractivity contribution in [1.82, 2.24) is 4.90 Å². The molecule has 0 bridgehead atoms. The van der Waals surface area contributed by atoms with Gasteiger partial charge in [-0.05, 0) is 36.6 Å². The van der Waals surface area contributed by atoms with Gasteiger partial charge in [-0.2, -0.15) is 0 Å². The Morgan fingerprint density at radius 2 is 1.74 bits per heavy atom. The molecule has 1 aliphatic rings. The Hall–Kier alpha value is -2.53. The zero-order valence-corrected chi connectivity index (χ0v) is 12.9. The highest BCUT2D eigenvalue weighted by Crippen LogP contribution is 2.36. The minimum absolute atomic E-state index is 0.124. The number of carbonyl (C=O) groups excluding carboxylic acids is 1. The minimum Gasteiger partial charge on any atom is -0.507 e. The van der Waals surface area contributed by atoms with Crippen molar-refractivity contribution >= 4 is 5.91 Å². The molecule has 1 atom stereocenters. The van der Waals surface area contributed by atoms with E-state index in [2.05, 4.69) is 0 Å². The number of aryl methyl sites for hydroxylation is 1. The second kappa shape index (κ2) is 5.59. The maximum absolute atomic E-state index is 12.6. The Kier molecular flexibility index (Phi) is 3.74. The summed E-state index contributed by atoms with van der Waals surface area (Å²) in [5, 5.41) is 30.6. The molecule has 2 aromatic rings. The molecule has 1 fully saturated rings.